The maximum atomic E-state index is 15.4. The van der Waals surface area contributed by atoms with Crippen LogP contribution < -0.4 is 19.1 Å². The van der Waals surface area contributed by atoms with Gasteiger partial charge >= 0.3 is 0 Å². The number of methoxy groups -OCH3 is 2. The molecule has 0 spiro atoms. The fourth-order valence-corrected chi connectivity index (χ4v) is 4.30. The van der Waals surface area contributed by atoms with E-state index in [1.165, 1.54) is 0 Å². The number of ether oxygens (including phenoxy) is 4. The van der Waals surface area contributed by atoms with Crippen molar-refractivity contribution in [2.75, 3.05) is 53.0 Å². The second-order valence-electron chi connectivity index (χ2n) is 9.23. The molecule has 3 rings (SSSR count). The third-order valence-corrected chi connectivity index (χ3v) is 6.34. The van der Waals surface area contributed by atoms with Crippen LogP contribution in [0, 0.1) is 11.2 Å². The van der Waals surface area contributed by atoms with Crippen molar-refractivity contribution in [2.45, 2.75) is 39.8 Å². The van der Waals surface area contributed by atoms with E-state index in [-0.39, 0.29) is 59.6 Å². The Labute approximate surface area is 228 Å². The summed E-state index contributed by atoms with van der Waals surface area (Å²) >= 11 is 0. The summed E-state index contributed by atoms with van der Waals surface area (Å²) < 4.78 is 37.8. The lowest BCUT2D eigenvalue weighted by molar-refractivity contribution is 0.0173. The molecule has 0 amide bonds. The Kier molecular flexibility index (Phi) is 9.96. The number of hydrogen-bond acceptors (Lipinski definition) is 7. The predicted octanol–water partition coefficient (Wildman–Crippen LogP) is 5.18. The summed E-state index contributed by atoms with van der Waals surface area (Å²) in [5.41, 5.74) is 1.93. The van der Waals surface area contributed by atoms with Crippen LogP contribution in [-0.4, -0.2) is 64.6 Å². The molecule has 1 aliphatic heterocycles. The second kappa shape index (κ2) is 12.1. The lowest BCUT2D eigenvalue weighted by atomic mass is 9.92. The number of carbonyl (C=O) groups is 1. The number of nitrogens with one attached hydrogen (secondary N) is 1. The summed E-state index contributed by atoms with van der Waals surface area (Å²) in [5.74, 6) is 0.0162. The fourth-order valence-electron chi connectivity index (χ4n) is 4.30. The van der Waals surface area contributed by atoms with Crippen molar-refractivity contribution in [3.63, 3.8) is 0 Å². The Bertz CT molecular complexity index is 1170. The third kappa shape index (κ3) is 5.85. The minimum atomic E-state index is -0.711. The first-order chi connectivity index (χ1) is 17.0. The van der Waals surface area contributed by atoms with E-state index in [0.29, 0.717) is 29.2 Å². The molecule has 204 valence electrons. The van der Waals surface area contributed by atoms with Gasteiger partial charge in [0.1, 0.15) is 11.6 Å². The minimum Gasteiger partial charge on any atom is -0.494 e. The number of fused-ring (bicyclic) bond motifs is 1. The van der Waals surface area contributed by atoms with Crippen LogP contribution in [0.15, 0.2) is 18.2 Å². The number of ketones is 1. The van der Waals surface area contributed by atoms with E-state index in [9.17, 15) is 4.79 Å². The zero-order valence-corrected chi connectivity index (χ0v) is 24.5. The molecule has 0 saturated carbocycles. The Morgan fingerprint density at radius 3 is 2.30 bits per heavy atom. The number of hydrogen-bond donors (Lipinski definition) is 1. The molecule has 10 heteroatoms. The summed E-state index contributed by atoms with van der Waals surface area (Å²) in [6.07, 6.45) is 0. The Hall–Kier alpha value is -2.85. The minimum absolute atomic E-state index is 0. The molecule has 0 radical (unpaired) electrons. The highest BCUT2D eigenvalue weighted by atomic mass is 79.9. The molecule has 0 aliphatic carbocycles. The van der Waals surface area contributed by atoms with E-state index in [4.69, 9.17) is 24.4 Å². The summed E-state index contributed by atoms with van der Waals surface area (Å²) in [7, 11) is 6.94. The number of rotatable bonds is 11. The summed E-state index contributed by atoms with van der Waals surface area (Å²) in [5, 5.41) is 8.62. The summed E-state index contributed by atoms with van der Waals surface area (Å²) in [4.78, 5) is 16.9. The summed E-state index contributed by atoms with van der Waals surface area (Å²) in [6.45, 7) is 8.11. The first-order valence-corrected chi connectivity index (χ1v) is 11.9. The number of carbonyl (C=O) groups excluding carboxylic acids is 1. The van der Waals surface area contributed by atoms with Crippen LogP contribution in [0.1, 0.15) is 54.7 Å². The molecular weight excluding hydrogens is 545 g/mol. The maximum Gasteiger partial charge on any atom is 0.197 e. The smallest absolute Gasteiger partial charge is 0.197 e. The first-order valence-electron chi connectivity index (χ1n) is 11.9. The van der Waals surface area contributed by atoms with Crippen LogP contribution in [0.5, 0.6) is 17.2 Å². The molecule has 0 aromatic heterocycles. The van der Waals surface area contributed by atoms with Gasteiger partial charge in [0, 0.05) is 38.9 Å². The van der Waals surface area contributed by atoms with E-state index in [1.54, 1.807) is 44.2 Å². The molecule has 0 bridgehead atoms. The number of anilines is 1. The van der Waals surface area contributed by atoms with Crippen LogP contribution in [0.4, 0.5) is 10.1 Å². The number of amidine groups is 1. The molecule has 2 aromatic rings. The van der Waals surface area contributed by atoms with Crippen LogP contribution in [0.25, 0.3) is 0 Å². The molecule has 2 aromatic carbocycles. The maximum absolute atomic E-state index is 15.4. The highest BCUT2D eigenvalue weighted by molar-refractivity contribution is 8.93. The molecule has 0 atom stereocenters. The van der Waals surface area contributed by atoms with E-state index >= 15 is 4.39 Å². The molecule has 1 heterocycles. The van der Waals surface area contributed by atoms with Crippen LogP contribution in [0.2, 0.25) is 0 Å². The molecule has 1 N–H and O–H groups in total. The van der Waals surface area contributed by atoms with Crippen molar-refractivity contribution in [1.82, 2.24) is 4.90 Å². The summed E-state index contributed by atoms with van der Waals surface area (Å²) in [6, 6.07) is 5.23. The van der Waals surface area contributed by atoms with Gasteiger partial charge in [-0.25, -0.2) is 4.39 Å². The quantitative estimate of drug-likeness (QED) is 0.366. The molecule has 1 aliphatic rings. The molecule has 8 nitrogen and oxygen atoms in total. The van der Waals surface area contributed by atoms with Gasteiger partial charge in [0.2, 0.25) is 0 Å². The molecule has 0 unspecified atom stereocenters. The second-order valence-corrected chi connectivity index (χ2v) is 9.23. The highest BCUT2D eigenvalue weighted by Gasteiger charge is 2.34. The van der Waals surface area contributed by atoms with Gasteiger partial charge in [-0.3, -0.25) is 10.2 Å². The standard InChI is InChI=1S/C27H36FN3O5.BrH/c1-9-35-21-13-17-14-31(26(29)22(17)23(28)25(21)36-10-2)15-20(32)16-11-18(27(3,4)34-8)24(33-7)19(12-16)30(5)6;/h11-13,29H,9-10,14-15H2,1-8H3;1H. The van der Waals surface area contributed by atoms with Crippen LogP contribution >= 0.6 is 17.0 Å². The van der Waals surface area contributed by atoms with Gasteiger partial charge in [0.15, 0.2) is 23.1 Å². The van der Waals surface area contributed by atoms with Gasteiger partial charge in [-0.1, -0.05) is 0 Å². The molecular formula is C27H37BrFN3O5. The molecule has 0 saturated heterocycles. The van der Waals surface area contributed by atoms with Crippen molar-refractivity contribution in [3.8, 4) is 17.2 Å². The van der Waals surface area contributed by atoms with Crippen molar-refractivity contribution in [3.05, 3.63) is 46.3 Å². The largest absolute Gasteiger partial charge is 0.494 e. The molecule has 0 fully saturated rings. The Morgan fingerprint density at radius 2 is 1.76 bits per heavy atom. The normalized spacial score (nSPS) is 12.7. The van der Waals surface area contributed by atoms with E-state index < -0.39 is 11.4 Å². The van der Waals surface area contributed by atoms with Gasteiger partial charge in [0.05, 0.1) is 43.7 Å². The first kappa shape index (κ1) is 30.4. The predicted molar refractivity (Wildman–Crippen MR) is 148 cm³/mol. The van der Waals surface area contributed by atoms with Crippen molar-refractivity contribution in [2.24, 2.45) is 0 Å². The topological polar surface area (TPSA) is 84.3 Å². The number of Topliss-reactive ketones (excluding diaryl/α,β-unsaturated/α-hetero) is 1. The highest BCUT2D eigenvalue weighted by Crippen LogP contribution is 2.41. The number of benzene rings is 2. The zero-order chi connectivity index (χ0) is 26.8. The van der Waals surface area contributed by atoms with Gasteiger partial charge < -0.3 is 28.7 Å². The van der Waals surface area contributed by atoms with Crippen LogP contribution in [0.3, 0.4) is 0 Å². The monoisotopic (exact) mass is 581 g/mol. The lowest BCUT2D eigenvalue weighted by Gasteiger charge is -2.29. The third-order valence-electron chi connectivity index (χ3n) is 6.34. The van der Waals surface area contributed by atoms with Crippen molar-refractivity contribution in [1.29, 1.82) is 5.41 Å². The molecule has 37 heavy (non-hydrogen) atoms. The SMILES string of the molecule is Br.CCOc1cc2c(c(F)c1OCC)C(=N)N(CC(=O)c1cc(N(C)C)c(OC)c(C(C)(C)OC)c1)C2. The van der Waals surface area contributed by atoms with E-state index in [1.807, 2.05) is 39.8 Å². The zero-order valence-electron chi connectivity index (χ0n) is 22.8. The van der Waals surface area contributed by atoms with Gasteiger partial charge in [-0.05, 0) is 51.5 Å². The van der Waals surface area contributed by atoms with Crippen molar-refractivity contribution >= 4 is 34.3 Å². The van der Waals surface area contributed by atoms with Gasteiger partial charge in [-0.15, -0.1) is 17.0 Å². The number of halogens is 2. The average Bonchev–Trinajstić information content (AvgIpc) is 3.15. The van der Waals surface area contributed by atoms with Gasteiger partial charge in [0.25, 0.3) is 0 Å². The lowest BCUT2D eigenvalue weighted by Crippen LogP contribution is -2.31. The Morgan fingerprint density at radius 1 is 1.11 bits per heavy atom. The van der Waals surface area contributed by atoms with Crippen molar-refractivity contribution < 1.29 is 28.1 Å². The average molecular weight is 583 g/mol. The van der Waals surface area contributed by atoms with Gasteiger partial charge in [-0.2, -0.15) is 0 Å². The Balaban J connectivity index is 0.00000481. The van der Waals surface area contributed by atoms with Crippen LogP contribution in [-0.2, 0) is 16.9 Å². The number of nitrogens with zero attached hydrogens (tertiary/aromatic N) is 2. The van der Waals surface area contributed by atoms with E-state index in [2.05, 4.69) is 0 Å². The fraction of sp³-hybridized carbons (Fsp3) is 0.481. The van der Waals surface area contributed by atoms with E-state index in [0.717, 1.165) is 11.3 Å².